The van der Waals surface area contributed by atoms with Crippen LogP contribution in [0.15, 0.2) is 48.5 Å². The molecule has 2 atom stereocenters. The number of fused-ring (bicyclic) bond motifs is 1. The molecule has 0 bridgehead atoms. The average molecular weight is 327 g/mol. The van der Waals surface area contributed by atoms with Crippen LogP contribution in [0.2, 0.25) is 0 Å². The minimum Gasteiger partial charge on any atom is -0.423 e. The first kappa shape index (κ1) is 15.5. The zero-order valence-corrected chi connectivity index (χ0v) is 13.3. The predicted molar refractivity (Wildman–Crippen MR) is 84.5 cm³/mol. The van der Waals surface area contributed by atoms with Crippen LogP contribution < -0.4 is 4.52 Å². The molecule has 3 rings (SSSR count). The van der Waals surface area contributed by atoms with Gasteiger partial charge in [0.25, 0.3) is 0 Å². The Morgan fingerprint density at radius 3 is 2.57 bits per heavy atom. The summed E-state index contributed by atoms with van der Waals surface area (Å²) in [5, 5.41) is 8.89. The van der Waals surface area contributed by atoms with Crippen LogP contribution in [0.4, 0.5) is 0 Å². The maximum absolute atomic E-state index is 13.2. The number of benzene rings is 2. The van der Waals surface area contributed by atoms with E-state index in [0.29, 0.717) is 16.7 Å². The molecular weight excluding hydrogens is 313 g/mol. The van der Waals surface area contributed by atoms with Crippen molar-refractivity contribution in [3.8, 4) is 11.8 Å². The molecular formula is C17H14NO4P. The summed E-state index contributed by atoms with van der Waals surface area (Å²) in [5.41, 5.74) is 0.336. The van der Waals surface area contributed by atoms with Gasteiger partial charge in [-0.15, -0.1) is 0 Å². The highest BCUT2D eigenvalue weighted by atomic mass is 31.2. The number of carbonyl (C=O) groups is 1. The average Bonchev–Trinajstić information content (AvgIpc) is 2.55. The van der Waals surface area contributed by atoms with E-state index in [4.69, 9.17) is 14.3 Å². The van der Waals surface area contributed by atoms with Gasteiger partial charge in [0.05, 0.1) is 23.8 Å². The van der Waals surface area contributed by atoms with Gasteiger partial charge in [-0.2, -0.15) is 5.26 Å². The number of para-hydroxylation sites is 1. The topological polar surface area (TPSA) is 76.4 Å². The zero-order chi connectivity index (χ0) is 16.4. The fourth-order valence-corrected chi connectivity index (χ4v) is 4.65. The van der Waals surface area contributed by atoms with E-state index >= 15 is 0 Å². The first-order valence-corrected chi connectivity index (χ1v) is 8.77. The maximum Gasteiger partial charge on any atom is 0.394 e. The van der Waals surface area contributed by atoms with Gasteiger partial charge < -0.3 is 4.52 Å². The first-order valence-electron chi connectivity index (χ1n) is 7.16. The van der Waals surface area contributed by atoms with Crippen LogP contribution in [0.25, 0.3) is 0 Å². The lowest BCUT2D eigenvalue weighted by molar-refractivity contribution is 0.0961. The summed E-state index contributed by atoms with van der Waals surface area (Å²) < 4.78 is 24.1. The van der Waals surface area contributed by atoms with E-state index in [2.05, 4.69) is 0 Å². The Hall–Kier alpha value is -2.41. The summed E-state index contributed by atoms with van der Waals surface area (Å²) in [5.74, 6) is -0.0208. The molecule has 116 valence electrons. The Kier molecular flexibility index (Phi) is 4.04. The Balaban J connectivity index is 2.13. The molecule has 2 aromatic carbocycles. The van der Waals surface area contributed by atoms with Crippen LogP contribution in [0, 0.1) is 11.3 Å². The Labute approximate surface area is 134 Å². The summed E-state index contributed by atoms with van der Waals surface area (Å²) in [6.45, 7) is 1.86. The second kappa shape index (κ2) is 6.00. The third-order valence-electron chi connectivity index (χ3n) is 3.61. The standard InChI is InChI=1S/C17H14NO4P/c1-2-21-23(20)17(13-9-7-12(11-18)8-10-13)16(19)14-5-3-4-6-15(14)22-23/h3-10,17H,2H2,1H3. The van der Waals surface area contributed by atoms with Crippen molar-refractivity contribution in [2.45, 2.75) is 12.6 Å². The van der Waals surface area contributed by atoms with E-state index in [-0.39, 0.29) is 18.1 Å². The highest BCUT2D eigenvalue weighted by molar-refractivity contribution is 7.56. The molecule has 1 aliphatic rings. The van der Waals surface area contributed by atoms with Gasteiger partial charge in [-0.25, -0.2) is 4.57 Å². The minimum atomic E-state index is -3.69. The second-order valence-electron chi connectivity index (χ2n) is 5.05. The summed E-state index contributed by atoms with van der Waals surface area (Å²) in [4.78, 5) is 12.9. The summed E-state index contributed by atoms with van der Waals surface area (Å²) in [6, 6.07) is 15.1. The molecule has 0 saturated heterocycles. The molecule has 2 unspecified atom stereocenters. The number of carbonyl (C=O) groups excluding carboxylic acids is 1. The molecule has 1 heterocycles. The molecule has 0 aliphatic carbocycles. The molecule has 6 heteroatoms. The van der Waals surface area contributed by atoms with E-state index in [1.54, 1.807) is 55.5 Å². The smallest absolute Gasteiger partial charge is 0.394 e. The van der Waals surface area contributed by atoms with E-state index in [9.17, 15) is 9.36 Å². The number of rotatable bonds is 3. The lowest BCUT2D eigenvalue weighted by Crippen LogP contribution is -2.23. The minimum absolute atomic E-state index is 0.166. The molecule has 0 radical (unpaired) electrons. The lowest BCUT2D eigenvalue weighted by Gasteiger charge is -2.31. The molecule has 2 aromatic rings. The monoisotopic (exact) mass is 327 g/mol. The molecule has 0 amide bonds. The molecule has 0 aromatic heterocycles. The largest absolute Gasteiger partial charge is 0.423 e. The number of Topliss-reactive ketones (excluding diaryl/α,β-unsaturated/α-hetero) is 1. The molecule has 0 spiro atoms. The van der Waals surface area contributed by atoms with Gasteiger partial charge in [-0.3, -0.25) is 9.32 Å². The molecule has 1 aliphatic heterocycles. The van der Waals surface area contributed by atoms with Crippen LogP contribution in [0.5, 0.6) is 5.75 Å². The number of nitrogens with zero attached hydrogens (tertiary/aromatic N) is 1. The van der Waals surface area contributed by atoms with Gasteiger partial charge >= 0.3 is 7.60 Å². The van der Waals surface area contributed by atoms with Gasteiger partial charge in [0, 0.05) is 0 Å². The van der Waals surface area contributed by atoms with Crippen molar-refractivity contribution in [2.24, 2.45) is 0 Å². The highest BCUT2D eigenvalue weighted by Crippen LogP contribution is 2.64. The molecule has 23 heavy (non-hydrogen) atoms. The third-order valence-corrected chi connectivity index (χ3v) is 5.84. The fourth-order valence-electron chi connectivity index (χ4n) is 2.59. The van der Waals surface area contributed by atoms with Crippen LogP contribution in [0.3, 0.4) is 0 Å². The Morgan fingerprint density at radius 1 is 1.22 bits per heavy atom. The van der Waals surface area contributed by atoms with E-state index in [1.807, 2.05) is 6.07 Å². The van der Waals surface area contributed by atoms with Crippen LogP contribution in [-0.2, 0) is 9.09 Å². The van der Waals surface area contributed by atoms with Crippen LogP contribution in [0.1, 0.15) is 34.1 Å². The molecule has 5 nitrogen and oxygen atoms in total. The van der Waals surface area contributed by atoms with Gasteiger partial charge in [0.1, 0.15) is 5.75 Å². The summed E-state index contributed by atoms with van der Waals surface area (Å²) >= 11 is 0. The van der Waals surface area contributed by atoms with E-state index in [0.717, 1.165) is 0 Å². The van der Waals surface area contributed by atoms with Crippen LogP contribution in [-0.4, -0.2) is 12.4 Å². The van der Waals surface area contributed by atoms with Crippen molar-refractivity contribution in [3.05, 3.63) is 65.2 Å². The number of nitriles is 1. The van der Waals surface area contributed by atoms with Gasteiger partial charge in [-0.1, -0.05) is 24.3 Å². The second-order valence-corrected chi connectivity index (χ2v) is 7.08. The predicted octanol–water partition coefficient (Wildman–Crippen LogP) is 4.10. The SMILES string of the molecule is CCOP1(=O)Oc2ccccc2C(=O)C1c1ccc(C#N)cc1. The maximum atomic E-state index is 13.2. The van der Waals surface area contributed by atoms with Crippen molar-refractivity contribution in [1.29, 1.82) is 5.26 Å². The van der Waals surface area contributed by atoms with Crippen molar-refractivity contribution < 1.29 is 18.4 Å². The summed E-state index contributed by atoms with van der Waals surface area (Å²) in [6.07, 6.45) is 0. The molecule has 0 saturated carbocycles. The van der Waals surface area contributed by atoms with Gasteiger partial charge in [0.2, 0.25) is 0 Å². The number of ketones is 1. The Morgan fingerprint density at radius 2 is 1.91 bits per heavy atom. The fraction of sp³-hybridized carbons (Fsp3) is 0.176. The van der Waals surface area contributed by atoms with Crippen LogP contribution >= 0.6 is 7.60 Å². The first-order chi connectivity index (χ1) is 11.1. The van der Waals surface area contributed by atoms with E-state index in [1.165, 1.54) is 0 Å². The molecule has 0 fully saturated rings. The zero-order valence-electron chi connectivity index (χ0n) is 12.4. The highest BCUT2D eigenvalue weighted by Gasteiger charge is 2.48. The van der Waals surface area contributed by atoms with Crippen molar-refractivity contribution >= 4 is 13.4 Å². The molecule has 0 N–H and O–H groups in total. The van der Waals surface area contributed by atoms with Crippen molar-refractivity contribution in [3.63, 3.8) is 0 Å². The van der Waals surface area contributed by atoms with Gasteiger partial charge in [-0.05, 0) is 36.8 Å². The normalized spacial score (nSPS) is 22.8. The van der Waals surface area contributed by atoms with Crippen molar-refractivity contribution in [1.82, 2.24) is 0 Å². The lowest BCUT2D eigenvalue weighted by atomic mass is 10.0. The summed E-state index contributed by atoms with van der Waals surface area (Å²) in [7, 11) is -3.69. The quantitative estimate of drug-likeness (QED) is 0.793. The van der Waals surface area contributed by atoms with Gasteiger partial charge in [0.15, 0.2) is 11.4 Å². The number of hydrogen-bond acceptors (Lipinski definition) is 5. The Bertz CT molecular complexity index is 838. The van der Waals surface area contributed by atoms with E-state index < -0.39 is 13.3 Å². The number of hydrogen-bond donors (Lipinski definition) is 0. The van der Waals surface area contributed by atoms with Crippen molar-refractivity contribution in [2.75, 3.05) is 6.61 Å². The third kappa shape index (κ3) is 2.68.